The maximum Gasteiger partial charge on any atom is 0.0794 e. The third-order valence-corrected chi connectivity index (χ3v) is 4.42. The van der Waals surface area contributed by atoms with Gasteiger partial charge in [0.05, 0.1) is 17.8 Å². The Labute approximate surface area is 107 Å². The van der Waals surface area contributed by atoms with Gasteiger partial charge < -0.3 is 10.1 Å². The summed E-state index contributed by atoms with van der Waals surface area (Å²) in [7, 11) is 0. The summed E-state index contributed by atoms with van der Waals surface area (Å²) in [6.45, 7) is 2.92. The van der Waals surface area contributed by atoms with Gasteiger partial charge in [-0.1, -0.05) is 0 Å². The highest BCUT2D eigenvalue weighted by atomic mass is 32.1. The zero-order chi connectivity index (χ0) is 11.6. The van der Waals surface area contributed by atoms with Crippen LogP contribution < -0.4 is 5.32 Å². The van der Waals surface area contributed by atoms with E-state index in [1.165, 1.54) is 31.4 Å². The van der Waals surface area contributed by atoms with Crippen LogP contribution in [0.25, 0.3) is 0 Å². The zero-order valence-corrected chi connectivity index (χ0v) is 11.0. The van der Waals surface area contributed by atoms with Crippen LogP contribution in [0, 0.1) is 5.41 Å². The van der Waals surface area contributed by atoms with Gasteiger partial charge in [0.2, 0.25) is 0 Å². The van der Waals surface area contributed by atoms with Crippen molar-refractivity contribution in [1.82, 2.24) is 10.3 Å². The second kappa shape index (κ2) is 5.04. The Hall–Kier alpha value is -0.450. The first-order valence-electron chi connectivity index (χ1n) is 6.55. The maximum absolute atomic E-state index is 5.72. The number of rotatable bonds is 5. The molecule has 0 aromatic carbocycles. The molecule has 1 unspecified atom stereocenters. The zero-order valence-electron chi connectivity index (χ0n) is 10.2. The Balaban J connectivity index is 1.65. The fraction of sp³-hybridized carbons (Fsp3) is 0.769. The molecule has 2 fully saturated rings. The molecule has 1 atom stereocenters. The lowest BCUT2D eigenvalue weighted by Gasteiger charge is -2.37. The summed E-state index contributed by atoms with van der Waals surface area (Å²) in [6.07, 6.45) is 6.23. The lowest BCUT2D eigenvalue weighted by Crippen LogP contribution is -2.43. The lowest BCUT2D eigenvalue weighted by atomic mass is 9.78. The normalized spacial score (nSPS) is 29.4. The lowest BCUT2D eigenvalue weighted by molar-refractivity contribution is -0.00776. The first-order chi connectivity index (χ1) is 8.36. The molecule has 1 aliphatic heterocycles. The molecular weight excluding hydrogens is 232 g/mol. The van der Waals surface area contributed by atoms with Crippen LogP contribution >= 0.6 is 11.3 Å². The van der Waals surface area contributed by atoms with Gasteiger partial charge in [-0.25, -0.2) is 4.98 Å². The van der Waals surface area contributed by atoms with Crippen LogP contribution in [-0.2, 0) is 11.2 Å². The molecule has 94 valence electrons. The van der Waals surface area contributed by atoms with Crippen LogP contribution in [0.4, 0.5) is 0 Å². The Morgan fingerprint density at radius 3 is 3.12 bits per heavy atom. The average Bonchev–Trinajstić information content (AvgIpc) is 3.06. The van der Waals surface area contributed by atoms with Gasteiger partial charge in [0.1, 0.15) is 0 Å². The van der Waals surface area contributed by atoms with E-state index in [1.807, 2.05) is 5.51 Å². The number of thiazole rings is 1. The predicted molar refractivity (Wildman–Crippen MR) is 69.3 cm³/mol. The molecule has 1 saturated heterocycles. The van der Waals surface area contributed by atoms with Crippen LogP contribution in [0.3, 0.4) is 0 Å². The third kappa shape index (κ3) is 3.06. The minimum atomic E-state index is 0.287. The number of hydrogen-bond acceptors (Lipinski definition) is 4. The average molecular weight is 252 g/mol. The molecule has 3 nitrogen and oxygen atoms in total. The molecule has 1 aromatic rings. The Morgan fingerprint density at radius 2 is 2.47 bits per heavy atom. The standard InChI is InChI=1S/C13H20N2OS/c1-4-13(9-16-5-1,8-14-11-2-3-11)6-12-7-17-10-15-12/h7,10-11,14H,1-6,8-9H2. The molecule has 4 heteroatoms. The summed E-state index contributed by atoms with van der Waals surface area (Å²) in [6, 6.07) is 0.782. The van der Waals surface area contributed by atoms with Crippen molar-refractivity contribution in [2.45, 2.75) is 38.1 Å². The van der Waals surface area contributed by atoms with Crippen molar-refractivity contribution < 1.29 is 4.74 Å². The summed E-state index contributed by atoms with van der Waals surface area (Å²) in [5.74, 6) is 0. The van der Waals surface area contributed by atoms with E-state index in [0.717, 1.165) is 32.2 Å². The summed E-state index contributed by atoms with van der Waals surface area (Å²) in [5, 5.41) is 5.85. The monoisotopic (exact) mass is 252 g/mol. The van der Waals surface area contributed by atoms with Crippen LogP contribution in [0.15, 0.2) is 10.9 Å². The molecule has 3 rings (SSSR count). The van der Waals surface area contributed by atoms with Gasteiger partial charge in [0, 0.05) is 30.0 Å². The fourth-order valence-corrected chi connectivity index (χ4v) is 3.17. The van der Waals surface area contributed by atoms with Crippen LogP contribution in [0.1, 0.15) is 31.4 Å². The first kappa shape index (κ1) is 11.6. The summed E-state index contributed by atoms with van der Waals surface area (Å²) in [4.78, 5) is 4.43. The van der Waals surface area contributed by atoms with E-state index in [2.05, 4.69) is 15.7 Å². The number of aromatic nitrogens is 1. The molecule has 1 aliphatic carbocycles. The second-order valence-corrected chi connectivity index (χ2v) is 6.19. The van der Waals surface area contributed by atoms with Gasteiger partial charge in [0.15, 0.2) is 0 Å². The Morgan fingerprint density at radius 1 is 1.53 bits per heavy atom. The van der Waals surface area contributed by atoms with E-state index in [0.29, 0.717) is 0 Å². The molecule has 2 heterocycles. The van der Waals surface area contributed by atoms with Gasteiger partial charge in [-0.15, -0.1) is 11.3 Å². The predicted octanol–water partition coefficient (Wildman–Crippen LogP) is 2.23. The minimum Gasteiger partial charge on any atom is -0.381 e. The molecule has 1 aromatic heterocycles. The summed E-state index contributed by atoms with van der Waals surface area (Å²) < 4.78 is 5.72. The third-order valence-electron chi connectivity index (χ3n) is 3.79. The largest absolute Gasteiger partial charge is 0.381 e. The molecule has 0 amide bonds. The number of nitrogens with one attached hydrogen (secondary N) is 1. The molecular formula is C13H20N2OS. The molecule has 17 heavy (non-hydrogen) atoms. The van der Waals surface area contributed by atoms with Crippen molar-refractivity contribution in [2.75, 3.05) is 19.8 Å². The minimum absolute atomic E-state index is 0.287. The second-order valence-electron chi connectivity index (χ2n) is 5.47. The van der Waals surface area contributed by atoms with Crippen molar-refractivity contribution in [2.24, 2.45) is 5.41 Å². The van der Waals surface area contributed by atoms with Crippen molar-refractivity contribution in [3.05, 3.63) is 16.6 Å². The van der Waals surface area contributed by atoms with Crippen molar-refractivity contribution >= 4 is 11.3 Å². The van der Waals surface area contributed by atoms with Crippen LogP contribution in [0.2, 0.25) is 0 Å². The molecule has 2 aliphatic rings. The Kier molecular flexibility index (Phi) is 3.45. The molecule has 0 spiro atoms. The van der Waals surface area contributed by atoms with Crippen LogP contribution in [0.5, 0.6) is 0 Å². The number of hydrogen-bond donors (Lipinski definition) is 1. The van der Waals surface area contributed by atoms with Crippen molar-refractivity contribution in [3.63, 3.8) is 0 Å². The highest BCUT2D eigenvalue weighted by Crippen LogP contribution is 2.33. The smallest absolute Gasteiger partial charge is 0.0794 e. The van der Waals surface area contributed by atoms with Gasteiger partial charge in [-0.2, -0.15) is 0 Å². The van der Waals surface area contributed by atoms with Crippen LogP contribution in [-0.4, -0.2) is 30.8 Å². The van der Waals surface area contributed by atoms with E-state index in [4.69, 9.17) is 4.74 Å². The summed E-state index contributed by atoms with van der Waals surface area (Å²) in [5.41, 5.74) is 3.45. The van der Waals surface area contributed by atoms with E-state index in [-0.39, 0.29) is 5.41 Å². The SMILES string of the molecule is c1nc(CC2(CNC3CC3)CCCOC2)cs1. The quantitative estimate of drug-likeness (QED) is 0.872. The molecule has 0 bridgehead atoms. The Bertz CT molecular complexity index is 342. The van der Waals surface area contributed by atoms with Gasteiger partial charge in [-0.05, 0) is 32.1 Å². The molecule has 1 saturated carbocycles. The first-order valence-corrected chi connectivity index (χ1v) is 7.49. The highest BCUT2D eigenvalue weighted by molar-refractivity contribution is 7.07. The summed E-state index contributed by atoms with van der Waals surface area (Å²) >= 11 is 1.69. The van der Waals surface area contributed by atoms with Gasteiger partial charge >= 0.3 is 0 Å². The van der Waals surface area contributed by atoms with Gasteiger partial charge in [0.25, 0.3) is 0 Å². The van der Waals surface area contributed by atoms with E-state index in [1.54, 1.807) is 11.3 Å². The van der Waals surface area contributed by atoms with Gasteiger partial charge in [-0.3, -0.25) is 0 Å². The van der Waals surface area contributed by atoms with Crippen molar-refractivity contribution in [1.29, 1.82) is 0 Å². The molecule has 0 radical (unpaired) electrons. The fourth-order valence-electron chi connectivity index (χ4n) is 2.61. The van der Waals surface area contributed by atoms with E-state index < -0.39 is 0 Å². The molecule has 1 N–H and O–H groups in total. The van der Waals surface area contributed by atoms with E-state index in [9.17, 15) is 0 Å². The highest BCUT2D eigenvalue weighted by Gasteiger charge is 2.35. The number of ether oxygens (including phenoxy) is 1. The number of nitrogens with zero attached hydrogens (tertiary/aromatic N) is 1. The maximum atomic E-state index is 5.72. The topological polar surface area (TPSA) is 34.2 Å². The van der Waals surface area contributed by atoms with Crippen molar-refractivity contribution in [3.8, 4) is 0 Å². The van der Waals surface area contributed by atoms with E-state index >= 15 is 0 Å².